The molecule has 0 radical (unpaired) electrons. The van der Waals surface area contributed by atoms with Crippen LogP contribution in [0, 0.1) is 11.3 Å². The van der Waals surface area contributed by atoms with E-state index in [1.807, 2.05) is 56.4 Å². The molecule has 2 heterocycles. The minimum atomic E-state index is -1.01. The molecule has 10 nitrogen and oxygen atoms in total. The number of benzene rings is 2. The highest BCUT2D eigenvalue weighted by atomic mass is 16.5. The first-order valence-electron chi connectivity index (χ1n) is 14.1. The summed E-state index contributed by atoms with van der Waals surface area (Å²) in [5.41, 5.74) is 3.51. The molecular weight excluding hydrogens is 532 g/mol. The minimum Gasteiger partial charge on any atom is -0.489 e. The van der Waals surface area contributed by atoms with Crippen molar-refractivity contribution in [3.05, 3.63) is 77.2 Å². The van der Waals surface area contributed by atoms with E-state index < -0.39 is 6.10 Å². The Balaban J connectivity index is 1.39. The fraction of sp³-hybridized carbons (Fsp3) is 0.406. The van der Waals surface area contributed by atoms with Crippen LogP contribution in [0.25, 0.3) is 11.3 Å². The van der Waals surface area contributed by atoms with Gasteiger partial charge in [0.05, 0.1) is 11.3 Å². The SMILES string of the molecule is C[C@H](O)C(=O)N1CCC(Oc2ccc(-c3ccnc(Cc4ccc(C(=O)N(C)CCN(C)C)cc4)n3)cc2C#N)CC1. The van der Waals surface area contributed by atoms with Crippen molar-refractivity contribution in [3.8, 4) is 23.1 Å². The Bertz CT molecular complexity index is 1430. The summed E-state index contributed by atoms with van der Waals surface area (Å²) in [5.74, 6) is 0.843. The molecule has 1 aliphatic rings. The molecule has 1 atom stereocenters. The van der Waals surface area contributed by atoms with Gasteiger partial charge in [0.2, 0.25) is 0 Å². The average Bonchev–Trinajstić information content (AvgIpc) is 3.00. The Morgan fingerprint density at radius 1 is 1.10 bits per heavy atom. The van der Waals surface area contributed by atoms with Gasteiger partial charge in [0.25, 0.3) is 11.8 Å². The number of nitrogens with zero attached hydrogens (tertiary/aromatic N) is 6. The van der Waals surface area contributed by atoms with Crippen molar-refractivity contribution in [1.29, 1.82) is 5.26 Å². The number of aromatic nitrogens is 2. The molecule has 0 bridgehead atoms. The number of nitriles is 1. The first-order chi connectivity index (χ1) is 20.1. The standard InChI is InChI=1S/C32H38N6O4/c1-22(39)31(40)38-15-12-27(13-16-38)42-29-10-9-25(20-26(29)21-33)28-11-14-34-30(35-28)19-23-5-7-24(8-6-23)32(41)37(4)18-17-36(2)3/h5-11,14,20,22,27,39H,12-13,15-19H2,1-4H3/t22-/m0/s1. The molecule has 2 aromatic carbocycles. The number of likely N-dealkylation sites (tertiary alicyclic amines) is 1. The van der Waals surface area contributed by atoms with Crippen LogP contribution in [0.2, 0.25) is 0 Å². The van der Waals surface area contributed by atoms with Crippen LogP contribution in [-0.4, -0.2) is 101 Å². The molecule has 0 spiro atoms. The van der Waals surface area contributed by atoms with Crippen LogP contribution >= 0.6 is 0 Å². The number of hydrogen-bond acceptors (Lipinski definition) is 8. The summed E-state index contributed by atoms with van der Waals surface area (Å²) < 4.78 is 6.14. The molecule has 42 heavy (non-hydrogen) atoms. The Labute approximate surface area is 247 Å². The number of likely N-dealkylation sites (N-methyl/N-ethyl adjacent to an activating group) is 2. The first-order valence-corrected chi connectivity index (χ1v) is 14.1. The largest absolute Gasteiger partial charge is 0.489 e. The van der Waals surface area contributed by atoms with Gasteiger partial charge in [-0.25, -0.2) is 9.97 Å². The van der Waals surface area contributed by atoms with Crippen LogP contribution in [0.3, 0.4) is 0 Å². The maximum atomic E-state index is 12.7. The molecule has 1 aromatic heterocycles. The van der Waals surface area contributed by atoms with Gasteiger partial charge in [0.15, 0.2) is 0 Å². The number of aliphatic hydroxyl groups excluding tert-OH is 1. The van der Waals surface area contributed by atoms with E-state index in [1.165, 1.54) is 6.92 Å². The Morgan fingerprint density at radius 2 is 1.81 bits per heavy atom. The number of ether oxygens (including phenoxy) is 1. The third-order valence-electron chi connectivity index (χ3n) is 7.30. The second kappa shape index (κ2) is 14.0. The first kappa shape index (κ1) is 30.6. The number of amides is 2. The smallest absolute Gasteiger partial charge is 0.253 e. The fourth-order valence-electron chi connectivity index (χ4n) is 4.78. The predicted octanol–water partition coefficient (Wildman–Crippen LogP) is 2.99. The molecule has 3 aromatic rings. The summed E-state index contributed by atoms with van der Waals surface area (Å²) >= 11 is 0. The van der Waals surface area contributed by atoms with Crippen molar-refractivity contribution in [2.75, 3.05) is 47.3 Å². The van der Waals surface area contributed by atoms with Gasteiger partial charge < -0.3 is 24.5 Å². The molecule has 1 N–H and O–H groups in total. The second-order valence-corrected chi connectivity index (χ2v) is 10.9. The highest BCUT2D eigenvalue weighted by Crippen LogP contribution is 2.28. The molecule has 1 fully saturated rings. The van der Waals surface area contributed by atoms with E-state index in [0.717, 1.165) is 17.7 Å². The summed E-state index contributed by atoms with van der Waals surface area (Å²) in [6, 6.07) is 17.0. The molecule has 0 saturated carbocycles. The lowest BCUT2D eigenvalue weighted by Gasteiger charge is -2.33. The van der Waals surface area contributed by atoms with Gasteiger partial charge >= 0.3 is 0 Å². The van der Waals surface area contributed by atoms with E-state index in [4.69, 9.17) is 9.72 Å². The number of carbonyl (C=O) groups excluding carboxylic acids is 2. The normalized spacial score (nSPS) is 14.4. The Kier molecular flexibility index (Phi) is 10.2. The lowest BCUT2D eigenvalue weighted by atomic mass is 10.0. The van der Waals surface area contributed by atoms with Gasteiger partial charge in [0.1, 0.15) is 29.9 Å². The quantitative estimate of drug-likeness (QED) is 0.395. The summed E-state index contributed by atoms with van der Waals surface area (Å²) in [7, 11) is 5.77. The summed E-state index contributed by atoms with van der Waals surface area (Å²) in [6.07, 6.45) is 2.33. The van der Waals surface area contributed by atoms with Gasteiger partial charge in [-0.15, -0.1) is 0 Å². The zero-order valence-corrected chi connectivity index (χ0v) is 24.7. The van der Waals surface area contributed by atoms with E-state index >= 15 is 0 Å². The average molecular weight is 571 g/mol. The monoisotopic (exact) mass is 570 g/mol. The van der Waals surface area contributed by atoms with Gasteiger partial charge in [0, 0.05) is 69.8 Å². The molecular formula is C32H38N6O4. The Morgan fingerprint density at radius 3 is 2.45 bits per heavy atom. The highest BCUT2D eigenvalue weighted by molar-refractivity contribution is 5.94. The summed E-state index contributed by atoms with van der Waals surface area (Å²) in [5, 5.41) is 19.4. The van der Waals surface area contributed by atoms with Crippen LogP contribution in [0.5, 0.6) is 5.75 Å². The maximum absolute atomic E-state index is 12.7. The number of aliphatic hydroxyl groups is 1. The molecule has 220 valence electrons. The molecule has 4 rings (SSSR count). The van der Waals surface area contributed by atoms with Crippen molar-refractivity contribution in [2.45, 2.75) is 38.4 Å². The number of carbonyl (C=O) groups is 2. The number of piperidine rings is 1. The zero-order chi connectivity index (χ0) is 30.2. The maximum Gasteiger partial charge on any atom is 0.253 e. The minimum absolute atomic E-state index is 0.0146. The van der Waals surface area contributed by atoms with Gasteiger partial charge in [-0.1, -0.05) is 12.1 Å². The van der Waals surface area contributed by atoms with Crippen molar-refractivity contribution in [1.82, 2.24) is 24.7 Å². The number of hydrogen-bond donors (Lipinski definition) is 1. The van der Waals surface area contributed by atoms with E-state index in [0.29, 0.717) is 67.3 Å². The highest BCUT2D eigenvalue weighted by Gasteiger charge is 2.26. The van der Waals surface area contributed by atoms with Crippen LogP contribution in [-0.2, 0) is 11.2 Å². The summed E-state index contributed by atoms with van der Waals surface area (Å²) in [4.78, 5) is 39.3. The van der Waals surface area contributed by atoms with Crippen molar-refractivity contribution >= 4 is 11.8 Å². The third-order valence-corrected chi connectivity index (χ3v) is 7.30. The van der Waals surface area contributed by atoms with Gasteiger partial charge in [-0.05, 0) is 63.0 Å². The third kappa shape index (κ3) is 7.90. The van der Waals surface area contributed by atoms with Crippen LogP contribution in [0.1, 0.15) is 47.1 Å². The van der Waals surface area contributed by atoms with E-state index in [2.05, 4.69) is 11.1 Å². The summed E-state index contributed by atoms with van der Waals surface area (Å²) in [6.45, 7) is 3.94. The lowest BCUT2D eigenvalue weighted by molar-refractivity contribution is -0.141. The zero-order valence-electron chi connectivity index (χ0n) is 24.7. The van der Waals surface area contributed by atoms with E-state index in [1.54, 1.807) is 34.2 Å². The van der Waals surface area contributed by atoms with E-state index in [9.17, 15) is 20.0 Å². The Hall–Kier alpha value is -4.33. The molecule has 2 amide bonds. The molecule has 0 unspecified atom stereocenters. The van der Waals surface area contributed by atoms with Crippen molar-refractivity contribution in [2.24, 2.45) is 0 Å². The molecule has 10 heteroatoms. The van der Waals surface area contributed by atoms with E-state index in [-0.39, 0.29) is 17.9 Å². The molecule has 0 aliphatic carbocycles. The van der Waals surface area contributed by atoms with Gasteiger partial charge in [-0.3, -0.25) is 9.59 Å². The second-order valence-electron chi connectivity index (χ2n) is 10.9. The topological polar surface area (TPSA) is 123 Å². The van der Waals surface area contributed by atoms with Gasteiger partial charge in [-0.2, -0.15) is 5.26 Å². The molecule has 1 aliphatic heterocycles. The number of rotatable bonds is 10. The lowest BCUT2D eigenvalue weighted by Crippen LogP contribution is -2.45. The fourth-order valence-corrected chi connectivity index (χ4v) is 4.78. The van der Waals surface area contributed by atoms with Crippen molar-refractivity contribution < 1.29 is 19.4 Å². The van der Waals surface area contributed by atoms with Crippen LogP contribution < -0.4 is 4.74 Å². The molecule has 1 saturated heterocycles. The van der Waals surface area contributed by atoms with Crippen LogP contribution in [0.4, 0.5) is 0 Å². The van der Waals surface area contributed by atoms with Crippen LogP contribution in [0.15, 0.2) is 54.7 Å². The van der Waals surface area contributed by atoms with Crippen molar-refractivity contribution in [3.63, 3.8) is 0 Å². The predicted molar refractivity (Wildman–Crippen MR) is 159 cm³/mol.